The number of carbonyl (C=O) groups is 1. The highest BCUT2D eigenvalue weighted by atomic mass is 16.4. The lowest BCUT2D eigenvalue weighted by molar-refractivity contribution is 0.0988. The molecule has 0 radical (unpaired) electrons. The number of nitrogens with zero attached hydrogens (tertiary/aromatic N) is 2. The number of anilines is 1. The van der Waals surface area contributed by atoms with Gasteiger partial charge in [-0.25, -0.2) is 0 Å². The fraction of sp³-hybridized carbons (Fsp3) is 0.211. The molecule has 0 aliphatic heterocycles. The zero-order chi connectivity index (χ0) is 16.9. The van der Waals surface area contributed by atoms with Crippen molar-refractivity contribution >= 4 is 11.6 Å². The number of hydrogen-bond donors (Lipinski definition) is 1. The molecule has 1 N–H and O–H groups in total. The minimum atomic E-state index is -0.390. The van der Waals surface area contributed by atoms with Gasteiger partial charge in [0.15, 0.2) is 0 Å². The molecular weight excluding hydrogens is 302 g/mol. The first-order valence-corrected chi connectivity index (χ1v) is 7.86. The van der Waals surface area contributed by atoms with E-state index in [0.29, 0.717) is 12.3 Å². The second-order valence-electron chi connectivity index (χ2n) is 5.82. The van der Waals surface area contributed by atoms with Gasteiger partial charge in [-0.1, -0.05) is 36.4 Å². The Morgan fingerprint density at radius 2 is 1.71 bits per heavy atom. The highest BCUT2D eigenvalue weighted by Gasteiger charge is 2.15. The number of rotatable bonds is 5. The van der Waals surface area contributed by atoms with Crippen LogP contribution in [0.1, 0.15) is 33.3 Å². The molecule has 1 amide bonds. The van der Waals surface area contributed by atoms with Gasteiger partial charge in [0.25, 0.3) is 0 Å². The standard InChI is InChI=1S/C19H19N3O2/c1-13-10-14(2)12-16(11-13)20-18(23)19-22-21-17(24-19)9-8-15-6-4-3-5-7-15/h3-7,10-12H,8-9H2,1-2H3,(H,20,23). The Bertz CT molecular complexity index is 821. The second kappa shape index (κ2) is 7.08. The van der Waals surface area contributed by atoms with Gasteiger partial charge >= 0.3 is 11.8 Å². The minimum Gasteiger partial charge on any atom is -0.417 e. The fourth-order valence-electron chi connectivity index (χ4n) is 2.57. The predicted octanol–water partition coefficient (Wildman–Crippen LogP) is 3.72. The maximum Gasteiger partial charge on any atom is 0.313 e. The van der Waals surface area contributed by atoms with Crippen LogP contribution in [0.4, 0.5) is 5.69 Å². The average Bonchev–Trinajstić information content (AvgIpc) is 3.02. The number of benzene rings is 2. The number of aryl methyl sites for hydroxylation is 4. The molecule has 1 aromatic heterocycles. The van der Waals surface area contributed by atoms with Crippen molar-refractivity contribution in [1.29, 1.82) is 0 Å². The fourth-order valence-corrected chi connectivity index (χ4v) is 2.57. The van der Waals surface area contributed by atoms with Crippen molar-refractivity contribution < 1.29 is 9.21 Å². The number of hydrogen-bond acceptors (Lipinski definition) is 4. The summed E-state index contributed by atoms with van der Waals surface area (Å²) in [6, 6.07) is 15.9. The van der Waals surface area contributed by atoms with Gasteiger partial charge in [0, 0.05) is 12.1 Å². The third-order valence-corrected chi connectivity index (χ3v) is 3.61. The van der Waals surface area contributed by atoms with E-state index in [4.69, 9.17) is 4.42 Å². The Morgan fingerprint density at radius 1 is 1.00 bits per heavy atom. The number of amides is 1. The molecule has 5 heteroatoms. The summed E-state index contributed by atoms with van der Waals surface area (Å²) in [6.07, 6.45) is 1.40. The van der Waals surface area contributed by atoms with Crippen LogP contribution >= 0.6 is 0 Å². The topological polar surface area (TPSA) is 68.0 Å². The Morgan fingerprint density at radius 3 is 2.42 bits per heavy atom. The first-order chi connectivity index (χ1) is 11.6. The van der Waals surface area contributed by atoms with Crippen LogP contribution in [0.5, 0.6) is 0 Å². The smallest absolute Gasteiger partial charge is 0.313 e. The van der Waals surface area contributed by atoms with Gasteiger partial charge in [0.2, 0.25) is 5.89 Å². The molecular formula is C19H19N3O2. The lowest BCUT2D eigenvalue weighted by Crippen LogP contribution is -2.12. The number of carbonyl (C=O) groups excluding carboxylic acids is 1. The number of nitrogens with one attached hydrogen (secondary N) is 1. The normalized spacial score (nSPS) is 10.6. The molecule has 1 heterocycles. The Kier molecular flexibility index (Phi) is 4.70. The van der Waals surface area contributed by atoms with E-state index < -0.39 is 5.91 Å². The van der Waals surface area contributed by atoms with Crippen LogP contribution < -0.4 is 5.32 Å². The van der Waals surface area contributed by atoms with Crippen LogP contribution in [-0.4, -0.2) is 16.1 Å². The highest BCUT2D eigenvalue weighted by Crippen LogP contribution is 2.15. The molecule has 2 aromatic carbocycles. The summed E-state index contributed by atoms with van der Waals surface area (Å²) < 4.78 is 5.47. The molecule has 5 nitrogen and oxygen atoms in total. The maximum atomic E-state index is 12.2. The van der Waals surface area contributed by atoms with Crippen LogP contribution in [0.2, 0.25) is 0 Å². The van der Waals surface area contributed by atoms with E-state index in [1.54, 1.807) is 0 Å². The van der Waals surface area contributed by atoms with Gasteiger partial charge in [-0.2, -0.15) is 0 Å². The minimum absolute atomic E-state index is 0.0165. The van der Waals surface area contributed by atoms with Crippen LogP contribution in [-0.2, 0) is 12.8 Å². The molecule has 0 aliphatic rings. The first-order valence-electron chi connectivity index (χ1n) is 7.86. The summed E-state index contributed by atoms with van der Waals surface area (Å²) in [7, 11) is 0. The van der Waals surface area contributed by atoms with Crippen LogP contribution in [0.3, 0.4) is 0 Å². The zero-order valence-corrected chi connectivity index (χ0v) is 13.7. The van der Waals surface area contributed by atoms with E-state index >= 15 is 0 Å². The third-order valence-electron chi connectivity index (χ3n) is 3.61. The SMILES string of the molecule is Cc1cc(C)cc(NC(=O)c2nnc(CCc3ccccc3)o2)c1. The van der Waals surface area contributed by atoms with Gasteiger partial charge in [-0.3, -0.25) is 4.79 Å². The molecule has 0 saturated carbocycles. The maximum absolute atomic E-state index is 12.2. The quantitative estimate of drug-likeness (QED) is 0.777. The van der Waals surface area contributed by atoms with Gasteiger partial charge in [-0.05, 0) is 49.1 Å². The highest BCUT2D eigenvalue weighted by molar-refractivity contribution is 6.00. The molecule has 3 aromatic rings. The van der Waals surface area contributed by atoms with Crippen LogP contribution in [0, 0.1) is 13.8 Å². The van der Waals surface area contributed by atoms with Crippen molar-refractivity contribution in [3.05, 3.63) is 77.0 Å². The summed E-state index contributed by atoms with van der Waals surface area (Å²) in [5, 5.41) is 10.6. The van der Waals surface area contributed by atoms with Crippen molar-refractivity contribution in [2.75, 3.05) is 5.32 Å². The van der Waals surface area contributed by atoms with Gasteiger partial charge < -0.3 is 9.73 Å². The molecule has 0 fully saturated rings. The predicted molar refractivity (Wildman–Crippen MR) is 92.0 cm³/mol. The summed E-state index contributed by atoms with van der Waals surface area (Å²) >= 11 is 0. The Labute approximate surface area is 140 Å². The molecule has 122 valence electrons. The first kappa shape index (κ1) is 15.9. The Balaban J connectivity index is 1.63. The lowest BCUT2D eigenvalue weighted by atomic mass is 10.1. The summed E-state index contributed by atoms with van der Waals surface area (Å²) in [5.74, 6) is 0.0557. The largest absolute Gasteiger partial charge is 0.417 e. The monoisotopic (exact) mass is 321 g/mol. The van der Waals surface area contributed by atoms with Crippen molar-refractivity contribution in [2.24, 2.45) is 0 Å². The van der Waals surface area contributed by atoms with Gasteiger partial charge in [0.05, 0.1) is 0 Å². The molecule has 0 bridgehead atoms. The van der Waals surface area contributed by atoms with Gasteiger partial charge in [-0.15, -0.1) is 10.2 Å². The van der Waals surface area contributed by atoms with Crippen molar-refractivity contribution in [2.45, 2.75) is 26.7 Å². The van der Waals surface area contributed by atoms with E-state index in [1.165, 1.54) is 5.56 Å². The average molecular weight is 321 g/mol. The van der Waals surface area contributed by atoms with E-state index in [1.807, 2.05) is 62.4 Å². The molecule has 0 atom stereocenters. The molecule has 24 heavy (non-hydrogen) atoms. The summed E-state index contributed by atoms with van der Waals surface area (Å²) in [6.45, 7) is 3.97. The zero-order valence-electron chi connectivity index (χ0n) is 13.7. The molecule has 0 saturated heterocycles. The van der Waals surface area contributed by atoms with E-state index in [0.717, 1.165) is 23.2 Å². The summed E-state index contributed by atoms with van der Waals surface area (Å²) in [5.41, 5.74) is 4.08. The van der Waals surface area contributed by atoms with E-state index in [9.17, 15) is 4.79 Å². The Hall–Kier alpha value is -2.95. The molecule has 0 aliphatic carbocycles. The molecule has 0 spiro atoms. The van der Waals surface area contributed by atoms with E-state index in [2.05, 4.69) is 15.5 Å². The van der Waals surface area contributed by atoms with Crippen molar-refractivity contribution in [3.63, 3.8) is 0 Å². The second-order valence-corrected chi connectivity index (χ2v) is 5.82. The van der Waals surface area contributed by atoms with Crippen LogP contribution in [0.15, 0.2) is 52.9 Å². The van der Waals surface area contributed by atoms with Crippen molar-refractivity contribution in [1.82, 2.24) is 10.2 Å². The van der Waals surface area contributed by atoms with Gasteiger partial charge in [0.1, 0.15) is 0 Å². The van der Waals surface area contributed by atoms with Crippen molar-refractivity contribution in [3.8, 4) is 0 Å². The molecule has 3 rings (SSSR count). The molecule has 0 unspecified atom stereocenters. The number of aromatic nitrogens is 2. The lowest BCUT2D eigenvalue weighted by Gasteiger charge is -2.05. The summed E-state index contributed by atoms with van der Waals surface area (Å²) in [4.78, 5) is 12.2. The van der Waals surface area contributed by atoms with E-state index in [-0.39, 0.29) is 5.89 Å². The third kappa shape index (κ3) is 4.07. The van der Waals surface area contributed by atoms with Crippen LogP contribution in [0.25, 0.3) is 0 Å².